The lowest BCUT2D eigenvalue weighted by Gasteiger charge is -2.41. The van der Waals surface area contributed by atoms with Crippen LogP contribution in [0.4, 0.5) is 0 Å². The Morgan fingerprint density at radius 2 is 2.03 bits per heavy atom. The molecule has 38 heavy (non-hydrogen) atoms. The number of fused-ring (bicyclic) bond motifs is 2. The zero-order valence-corrected chi connectivity index (χ0v) is 22.6. The van der Waals surface area contributed by atoms with Crippen molar-refractivity contribution in [2.24, 2.45) is 16.1 Å². The smallest absolute Gasteiger partial charge is 0.251 e. The Balaban J connectivity index is 1.45. The fraction of sp³-hybridized carbons (Fsp3) is 0.552. The lowest BCUT2D eigenvalue weighted by Crippen LogP contribution is -2.56. The van der Waals surface area contributed by atoms with Gasteiger partial charge in [0.2, 0.25) is 5.91 Å². The summed E-state index contributed by atoms with van der Waals surface area (Å²) in [6, 6.07) is 4.42. The number of rotatable bonds is 6. The van der Waals surface area contributed by atoms with E-state index in [0.29, 0.717) is 30.8 Å². The Morgan fingerprint density at radius 3 is 2.71 bits per heavy atom. The van der Waals surface area contributed by atoms with Gasteiger partial charge in [-0.3, -0.25) is 14.5 Å². The van der Waals surface area contributed by atoms with Gasteiger partial charge in [0.15, 0.2) is 5.96 Å². The number of nitrogens with one attached hydrogen (secondary N) is 1. The van der Waals surface area contributed by atoms with Gasteiger partial charge in [0.1, 0.15) is 11.4 Å². The number of carbonyl (C=O) groups is 2. The van der Waals surface area contributed by atoms with Crippen LogP contribution in [0.15, 0.2) is 47.5 Å². The third-order valence-electron chi connectivity index (χ3n) is 8.94. The van der Waals surface area contributed by atoms with Crippen LogP contribution in [0.2, 0.25) is 0 Å². The normalized spacial score (nSPS) is 33.3. The largest absolute Gasteiger partial charge is 0.493 e. The maximum atomic E-state index is 13.6. The monoisotopic (exact) mass is 522 g/mol. The van der Waals surface area contributed by atoms with Crippen molar-refractivity contribution in [1.29, 1.82) is 0 Å². The Kier molecular flexibility index (Phi) is 6.64. The van der Waals surface area contributed by atoms with E-state index >= 15 is 0 Å². The number of ether oxygens (including phenoxy) is 2. The molecule has 4 aliphatic rings. The van der Waals surface area contributed by atoms with Crippen LogP contribution in [0.25, 0.3) is 0 Å². The zero-order valence-electron chi connectivity index (χ0n) is 22.6. The summed E-state index contributed by atoms with van der Waals surface area (Å²) < 4.78 is 12.1. The zero-order chi connectivity index (χ0) is 27.3. The Bertz CT molecular complexity index is 1220. The molecule has 3 heterocycles. The minimum absolute atomic E-state index is 0.0631. The van der Waals surface area contributed by atoms with Gasteiger partial charge in [0, 0.05) is 23.0 Å². The number of guanidine groups is 1. The van der Waals surface area contributed by atoms with E-state index in [9.17, 15) is 14.7 Å². The lowest BCUT2D eigenvalue weighted by atomic mass is 9.72. The molecule has 1 aromatic carbocycles. The minimum atomic E-state index is -0.954. The highest BCUT2D eigenvalue weighted by Crippen LogP contribution is 2.47. The fourth-order valence-electron chi connectivity index (χ4n) is 6.43. The Morgan fingerprint density at radius 1 is 1.26 bits per heavy atom. The first kappa shape index (κ1) is 26.4. The summed E-state index contributed by atoms with van der Waals surface area (Å²) in [5.41, 5.74) is 5.62. The summed E-state index contributed by atoms with van der Waals surface area (Å²) in [5.74, 6) is 0.484. The van der Waals surface area contributed by atoms with E-state index < -0.39 is 22.6 Å². The molecule has 0 saturated carbocycles. The van der Waals surface area contributed by atoms with E-state index in [4.69, 9.17) is 20.2 Å². The maximum absolute atomic E-state index is 13.6. The molecule has 3 aliphatic heterocycles. The fourth-order valence-corrected chi connectivity index (χ4v) is 6.43. The maximum Gasteiger partial charge on any atom is 0.251 e. The SMILES string of the molecule is CCC1(CC)CC(=O)N([C@@H]2CCOc3ccc(C(=O)NC4C(C)(CO)OC5C=CC=CC54C)cc32)C(N)=N1. The van der Waals surface area contributed by atoms with E-state index in [1.165, 1.54) is 0 Å². The molecule has 0 bridgehead atoms. The summed E-state index contributed by atoms with van der Waals surface area (Å²) in [6.45, 7) is 8.08. The molecule has 1 aromatic rings. The highest BCUT2D eigenvalue weighted by molar-refractivity contribution is 6.00. The van der Waals surface area contributed by atoms with Crippen molar-refractivity contribution in [1.82, 2.24) is 10.2 Å². The second-order valence-corrected chi connectivity index (χ2v) is 11.3. The van der Waals surface area contributed by atoms with Gasteiger partial charge in [0.25, 0.3) is 5.91 Å². The number of nitrogens with zero attached hydrogens (tertiary/aromatic N) is 2. The number of allylic oxidation sites excluding steroid dienone is 2. The van der Waals surface area contributed by atoms with Gasteiger partial charge < -0.3 is 25.6 Å². The molecule has 9 nitrogen and oxygen atoms in total. The molecule has 2 amide bonds. The summed E-state index contributed by atoms with van der Waals surface area (Å²) in [5, 5.41) is 13.3. The van der Waals surface area contributed by atoms with Crippen LogP contribution < -0.4 is 15.8 Å². The number of carbonyl (C=O) groups excluding carboxylic acids is 2. The number of benzene rings is 1. The first-order valence-corrected chi connectivity index (χ1v) is 13.5. The van der Waals surface area contributed by atoms with E-state index in [1.54, 1.807) is 23.1 Å². The van der Waals surface area contributed by atoms with E-state index in [1.807, 2.05) is 52.0 Å². The first-order valence-electron chi connectivity index (χ1n) is 13.5. The highest BCUT2D eigenvalue weighted by atomic mass is 16.5. The average molecular weight is 523 g/mol. The molecule has 1 fully saturated rings. The summed E-state index contributed by atoms with van der Waals surface area (Å²) in [4.78, 5) is 33.3. The first-order chi connectivity index (χ1) is 18.1. The molecule has 0 spiro atoms. The van der Waals surface area contributed by atoms with Crippen molar-refractivity contribution < 1.29 is 24.2 Å². The van der Waals surface area contributed by atoms with E-state index in [-0.39, 0.29) is 36.5 Å². The molecule has 9 heteroatoms. The predicted molar refractivity (Wildman–Crippen MR) is 144 cm³/mol. The van der Waals surface area contributed by atoms with E-state index in [2.05, 4.69) is 5.32 Å². The molecule has 0 radical (unpaired) electrons. The summed E-state index contributed by atoms with van der Waals surface area (Å²) in [7, 11) is 0. The number of hydrogen-bond acceptors (Lipinski definition) is 7. The molecule has 1 saturated heterocycles. The van der Waals surface area contributed by atoms with Crippen molar-refractivity contribution in [2.75, 3.05) is 13.2 Å². The van der Waals surface area contributed by atoms with Crippen LogP contribution in [0.1, 0.15) is 75.3 Å². The predicted octanol–water partition coefficient (Wildman–Crippen LogP) is 3.00. The standard InChI is InChI=1S/C29H38N4O5/c1-5-29(6-2)16-23(35)33(26(30)32-29)20-12-14-37-21-11-10-18(15-19(20)21)24(36)31-25-27(3)13-8-7-9-22(27)38-28(25,4)17-34/h7-11,13,15,20,22,25,34H,5-6,12,14,16-17H2,1-4H3,(H2,30,32)(H,31,36)/t20-,22?,25?,27?,28?/m1/s1. The topological polar surface area (TPSA) is 126 Å². The van der Waals surface area contributed by atoms with Crippen molar-refractivity contribution in [3.8, 4) is 5.75 Å². The Hall–Kier alpha value is -3.17. The Labute approximate surface area is 223 Å². The highest BCUT2D eigenvalue weighted by Gasteiger charge is 2.58. The van der Waals surface area contributed by atoms with Crippen molar-refractivity contribution in [3.05, 3.63) is 53.6 Å². The van der Waals surface area contributed by atoms with Gasteiger partial charge in [-0.1, -0.05) is 45.1 Å². The van der Waals surface area contributed by atoms with Crippen LogP contribution in [0.5, 0.6) is 5.75 Å². The van der Waals surface area contributed by atoms with Crippen molar-refractivity contribution in [2.45, 2.75) is 82.7 Å². The molecule has 204 valence electrons. The van der Waals surface area contributed by atoms with E-state index in [0.717, 1.165) is 18.4 Å². The number of hydrogen-bond donors (Lipinski definition) is 3. The molecular formula is C29H38N4O5. The van der Waals surface area contributed by atoms with Gasteiger partial charge in [-0.2, -0.15) is 0 Å². The minimum Gasteiger partial charge on any atom is -0.493 e. The van der Waals surface area contributed by atoms with Gasteiger partial charge in [-0.25, -0.2) is 4.99 Å². The second kappa shape index (κ2) is 9.54. The van der Waals surface area contributed by atoms with Crippen LogP contribution >= 0.6 is 0 Å². The van der Waals surface area contributed by atoms with Gasteiger partial charge in [-0.15, -0.1) is 0 Å². The number of nitrogens with two attached hydrogens (primary N) is 1. The summed E-state index contributed by atoms with van der Waals surface area (Å²) in [6.07, 6.45) is 9.89. The number of aliphatic hydroxyl groups excluding tert-OH is 1. The third kappa shape index (κ3) is 4.12. The molecule has 0 aromatic heterocycles. The van der Waals surface area contributed by atoms with Gasteiger partial charge in [0.05, 0.1) is 43.4 Å². The van der Waals surface area contributed by atoms with Crippen LogP contribution in [-0.2, 0) is 9.53 Å². The molecule has 4 N–H and O–H groups in total. The molecule has 1 aliphatic carbocycles. The average Bonchev–Trinajstić information content (AvgIpc) is 3.14. The number of aliphatic imine (C=N–C) groups is 1. The number of aliphatic hydroxyl groups is 1. The molecule has 5 rings (SSSR count). The summed E-state index contributed by atoms with van der Waals surface area (Å²) >= 11 is 0. The quantitative estimate of drug-likeness (QED) is 0.527. The van der Waals surface area contributed by atoms with Crippen LogP contribution in [-0.4, -0.2) is 64.3 Å². The van der Waals surface area contributed by atoms with Gasteiger partial charge in [-0.05, 0) is 38.0 Å². The number of amides is 2. The second-order valence-electron chi connectivity index (χ2n) is 11.3. The van der Waals surface area contributed by atoms with Crippen molar-refractivity contribution >= 4 is 17.8 Å². The third-order valence-corrected chi connectivity index (χ3v) is 8.94. The molecular weight excluding hydrogens is 484 g/mol. The lowest BCUT2D eigenvalue weighted by molar-refractivity contribution is -0.132. The van der Waals surface area contributed by atoms with Crippen molar-refractivity contribution in [3.63, 3.8) is 0 Å². The molecule has 4 unspecified atom stereocenters. The van der Waals surface area contributed by atoms with Crippen LogP contribution in [0, 0.1) is 5.41 Å². The van der Waals surface area contributed by atoms with Crippen LogP contribution in [0.3, 0.4) is 0 Å². The molecule has 5 atom stereocenters. The van der Waals surface area contributed by atoms with Gasteiger partial charge >= 0.3 is 0 Å².